The maximum atomic E-state index is 12.7. The van der Waals surface area contributed by atoms with Gasteiger partial charge >= 0.3 is 12.1 Å². The molecule has 10 heteroatoms. The van der Waals surface area contributed by atoms with Gasteiger partial charge in [-0.1, -0.05) is 121 Å². The fraction of sp³-hybridized carbons (Fsp3) is 0.333. The van der Waals surface area contributed by atoms with E-state index >= 15 is 0 Å². The maximum absolute atomic E-state index is 12.7. The molecule has 4 aromatic rings. The van der Waals surface area contributed by atoms with E-state index in [2.05, 4.69) is 5.32 Å². The van der Waals surface area contributed by atoms with Crippen molar-refractivity contribution in [3.63, 3.8) is 0 Å². The van der Waals surface area contributed by atoms with Crippen molar-refractivity contribution in [2.45, 2.75) is 63.5 Å². The number of esters is 1. The molecular formula is C39H43NO9. The van der Waals surface area contributed by atoms with Crippen LogP contribution in [0.1, 0.15) is 28.7 Å². The van der Waals surface area contributed by atoms with Crippen molar-refractivity contribution in [3.05, 3.63) is 144 Å². The van der Waals surface area contributed by atoms with Gasteiger partial charge in [0.1, 0.15) is 18.8 Å². The van der Waals surface area contributed by atoms with E-state index < -0.39 is 42.7 Å². The highest BCUT2D eigenvalue weighted by molar-refractivity contribution is 5.81. The number of methoxy groups -OCH3 is 1. The summed E-state index contributed by atoms with van der Waals surface area (Å²) in [5.74, 6) is -0.684. The molecule has 1 unspecified atom stereocenters. The molecule has 0 radical (unpaired) electrons. The molecule has 1 N–H and O–H groups in total. The molecule has 49 heavy (non-hydrogen) atoms. The van der Waals surface area contributed by atoms with Gasteiger partial charge in [0.25, 0.3) is 0 Å². The Hall–Kier alpha value is -4.58. The summed E-state index contributed by atoms with van der Waals surface area (Å²) in [6.07, 6.45) is -2.81. The van der Waals surface area contributed by atoms with Crippen LogP contribution in [0.5, 0.6) is 0 Å². The third-order valence-corrected chi connectivity index (χ3v) is 7.91. The molecule has 1 saturated heterocycles. The minimum absolute atomic E-state index is 0.0443. The molecule has 1 heterocycles. The summed E-state index contributed by atoms with van der Waals surface area (Å²) in [5.41, 5.74) is 3.85. The molecule has 0 aromatic heterocycles. The summed E-state index contributed by atoms with van der Waals surface area (Å²) in [7, 11) is 1.24. The third-order valence-electron chi connectivity index (χ3n) is 7.91. The fourth-order valence-corrected chi connectivity index (χ4v) is 5.34. The Bertz CT molecular complexity index is 1530. The predicted octanol–water partition coefficient (Wildman–Crippen LogP) is 5.97. The molecule has 0 saturated carbocycles. The van der Waals surface area contributed by atoms with E-state index in [4.69, 9.17) is 33.2 Å². The Morgan fingerprint density at radius 2 is 1.20 bits per heavy atom. The lowest BCUT2D eigenvalue weighted by Gasteiger charge is -2.41. The SMILES string of the molecule is COC(=O)C(CO[C@@H]1C[C@@H](OCc2ccccc2)[C@H](OCc2ccccc2)[C@@H](COCc2ccccc2)O1)NC(=O)OCc1ccccc1. The molecule has 0 bridgehead atoms. The van der Waals surface area contributed by atoms with Crippen molar-refractivity contribution in [3.8, 4) is 0 Å². The molecule has 1 amide bonds. The Balaban J connectivity index is 1.27. The molecule has 5 rings (SSSR count). The third kappa shape index (κ3) is 11.8. The number of carbonyl (C=O) groups is 2. The Morgan fingerprint density at radius 1 is 0.694 bits per heavy atom. The van der Waals surface area contributed by atoms with E-state index in [1.165, 1.54) is 7.11 Å². The lowest BCUT2D eigenvalue weighted by molar-refractivity contribution is -0.279. The molecule has 1 aliphatic rings. The monoisotopic (exact) mass is 669 g/mol. The molecule has 10 nitrogen and oxygen atoms in total. The lowest BCUT2D eigenvalue weighted by Crippen LogP contribution is -2.54. The first-order chi connectivity index (χ1) is 24.1. The van der Waals surface area contributed by atoms with E-state index in [1.807, 2.05) is 121 Å². The molecule has 0 aliphatic carbocycles. The second-order valence-electron chi connectivity index (χ2n) is 11.6. The first-order valence-corrected chi connectivity index (χ1v) is 16.3. The fourth-order valence-electron chi connectivity index (χ4n) is 5.34. The van der Waals surface area contributed by atoms with E-state index in [-0.39, 0.29) is 19.8 Å². The van der Waals surface area contributed by atoms with Crippen molar-refractivity contribution < 1.29 is 42.7 Å². The van der Waals surface area contributed by atoms with Crippen LogP contribution in [0.25, 0.3) is 0 Å². The smallest absolute Gasteiger partial charge is 0.408 e. The van der Waals surface area contributed by atoms with Gasteiger partial charge in [0.15, 0.2) is 12.3 Å². The summed E-state index contributed by atoms with van der Waals surface area (Å²) in [6, 6.07) is 37.7. The van der Waals surface area contributed by atoms with Gasteiger partial charge in [-0.25, -0.2) is 9.59 Å². The molecule has 258 valence electrons. The highest BCUT2D eigenvalue weighted by Gasteiger charge is 2.42. The molecule has 4 aromatic carbocycles. The zero-order valence-corrected chi connectivity index (χ0v) is 27.6. The van der Waals surface area contributed by atoms with Crippen molar-refractivity contribution in [1.82, 2.24) is 5.32 Å². The highest BCUT2D eigenvalue weighted by atomic mass is 16.7. The average molecular weight is 670 g/mol. The van der Waals surface area contributed by atoms with E-state index in [0.717, 1.165) is 22.3 Å². The zero-order valence-electron chi connectivity index (χ0n) is 27.6. The predicted molar refractivity (Wildman–Crippen MR) is 181 cm³/mol. The van der Waals surface area contributed by atoms with Crippen molar-refractivity contribution in [2.75, 3.05) is 20.3 Å². The van der Waals surface area contributed by atoms with Crippen LogP contribution in [0.15, 0.2) is 121 Å². The van der Waals surface area contributed by atoms with Crippen LogP contribution in [0.3, 0.4) is 0 Å². The van der Waals surface area contributed by atoms with Crippen molar-refractivity contribution >= 4 is 12.1 Å². The number of hydrogen-bond acceptors (Lipinski definition) is 9. The normalized spacial score (nSPS) is 19.4. The van der Waals surface area contributed by atoms with Gasteiger partial charge in [0.2, 0.25) is 0 Å². The standard InChI is InChI=1S/C39H43NO9/c1-43-38(41)33(40-39(42)48-26-32-20-12-5-13-21-32)27-46-36-22-34(45-24-30-16-8-3-9-17-30)37(47-25-31-18-10-4-11-19-31)35(49-36)28-44-23-29-14-6-2-7-15-29/h2-21,33-37H,22-28H2,1H3,(H,40,42)/t33?,34-,35-,36+,37+/m1/s1. The number of alkyl carbamates (subject to hydrolysis) is 1. The number of benzene rings is 4. The number of hydrogen-bond donors (Lipinski definition) is 1. The summed E-state index contributed by atoms with van der Waals surface area (Å²) in [6.45, 7) is 1.09. The molecule has 5 atom stereocenters. The van der Waals surface area contributed by atoms with Gasteiger partial charge in [-0.3, -0.25) is 0 Å². The first-order valence-electron chi connectivity index (χ1n) is 16.3. The van der Waals surface area contributed by atoms with E-state index in [9.17, 15) is 9.59 Å². The molecule has 0 spiro atoms. The van der Waals surface area contributed by atoms with Crippen LogP contribution in [-0.4, -0.2) is 63.0 Å². The molecular weight excluding hydrogens is 626 g/mol. The van der Waals surface area contributed by atoms with Crippen LogP contribution in [0, 0.1) is 0 Å². The number of amides is 1. The molecule has 1 fully saturated rings. The number of ether oxygens (including phenoxy) is 7. The van der Waals surface area contributed by atoms with Gasteiger partial charge < -0.3 is 38.5 Å². The van der Waals surface area contributed by atoms with Gasteiger partial charge in [0, 0.05) is 6.42 Å². The Labute approximate surface area is 287 Å². The topological polar surface area (TPSA) is 111 Å². The number of rotatable bonds is 17. The number of carbonyl (C=O) groups excluding carboxylic acids is 2. The van der Waals surface area contributed by atoms with Crippen LogP contribution in [0.2, 0.25) is 0 Å². The maximum Gasteiger partial charge on any atom is 0.408 e. The van der Waals surface area contributed by atoms with E-state index in [1.54, 1.807) is 0 Å². The van der Waals surface area contributed by atoms with Crippen molar-refractivity contribution in [2.24, 2.45) is 0 Å². The molecule has 1 aliphatic heterocycles. The summed E-state index contributed by atoms with van der Waals surface area (Å²) in [4.78, 5) is 25.3. The zero-order chi connectivity index (χ0) is 34.1. The quantitative estimate of drug-likeness (QED) is 0.136. The van der Waals surface area contributed by atoms with Crippen LogP contribution < -0.4 is 5.32 Å². The summed E-state index contributed by atoms with van der Waals surface area (Å²) < 4.78 is 41.9. The van der Waals surface area contributed by atoms with Gasteiger partial charge in [-0.15, -0.1) is 0 Å². The minimum Gasteiger partial charge on any atom is -0.467 e. The summed E-state index contributed by atoms with van der Waals surface area (Å²) in [5, 5.41) is 2.55. The second kappa shape index (κ2) is 19.4. The second-order valence-corrected chi connectivity index (χ2v) is 11.6. The minimum atomic E-state index is -1.14. The van der Waals surface area contributed by atoms with Crippen LogP contribution >= 0.6 is 0 Å². The first kappa shape index (κ1) is 35.7. The highest BCUT2D eigenvalue weighted by Crippen LogP contribution is 2.29. The summed E-state index contributed by atoms with van der Waals surface area (Å²) >= 11 is 0. The van der Waals surface area contributed by atoms with Crippen molar-refractivity contribution in [1.29, 1.82) is 0 Å². The lowest BCUT2D eigenvalue weighted by atomic mass is 10.0. The van der Waals surface area contributed by atoms with E-state index in [0.29, 0.717) is 26.2 Å². The van der Waals surface area contributed by atoms with Gasteiger partial charge in [-0.2, -0.15) is 0 Å². The van der Waals surface area contributed by atoms with Gasteiger partial charge in [-0.05, 0) is 22.3 Å². The Kier molecular flexibility index (Phi) is 14.2. The average Bonchev–Trinajstić information content (AvgIpc) is 3.15. The van der Waals surface area contributed by atoms with Crippen LogP contribution in [-0.2, 0) is 64.4 Å². The largest absolute Gasteiger partial charge is 0.467 e. The number of nitrogens with one attached hydrogen (secondary N) is 1. The van der Waals surface area contributed by atoms with Crippen LogP contribution in [0.4, 0.5) is 4.79 Å². The Morgan fingerprint density at radius 3 is 1.76 bits per heavy atom. The van der Waals surface area contributed by atoms with Gasteiger partial charge in [0.05, 0.1) is 46.2 Å².